The predicted octanol–water partition coefficient (Wildman–Crippen LogP) is 16.0. The number of aliphatic hydroxyl groups is 8. The van der Waals surface area contributed by atoms with E-state index in [1.54, 1.807) is 0 Å². The number of allylic oxidation sites excluding steroid dienone is 10. The average molecular weight is 1270 g/mol. The van der Waals surface area contributed by atoms with Gasteiger partial charge in [0.25, 0.3) is 0 Å². The number of carbonyl (C=O) groups excluding carboxylic acids is 1. The van der Waals surface area contributed by atoms with Gasteiger partial charge in [0.15, 0.2) is 12.6 Å². The minimum absolute atomic E-state index is 0.207. The number of hydrogen-bond acceptors (Lipinski definition) is 13. The van der Waals surface area contributed by atoms with Crippen molar-refractivity contribution in [2.45, 2.75) is 396 Å². The molecule has 2 saturated heterocycles. The van der Waals surface area contributed by atoms with Gasteiger partial charge in [-0.1, -0.05) is 319 Å². The zero-order chi connectivity index (χ0) is 65.2. The lowest BCUT2D eigenvalue weighted by molar-refractivity contribution is -0.359. The van der Waals surface area contributed by atoms with Crippen LogP contribution in [0.4, 0.5) is 0 Å². The first-order valence-corrected chi connectivity index (χ1v) is 37.5. The highest BCUT2D eigenvalue weighted by Gasteiger charge is 2.51. The van der Waals surface area contributed by atoms with E-state index in [1.165, 1.54) is 205 Å². The second-order valence-electron chi connectivity index (χ2n) is 26.4. The van der Waals surface area contributed by atoms with Gasteiger partial charge in [-0.3, -0.25) is 4.79 Å². The van der Waals surface area contributed by atoms with E-state index in [4.69, 9.17) is 18.9 Å². The molecule has 0 bridgehead atoms. The maximum absolute atomic E-state index is 13.4. The Bertz CT molecular complexity index is 1740. The summed E-state index contributed by atoms with van der Waals surface area (Å²) in [5.74, 6) is -0.207. The van der Waals surface area contributed by atoms with E-state index in [9.17, 15) is 45.6 Å². The quantitative estimate of drug-likeness (QED) is 0.0204. The molecule has 12 unspecified atom stereocenters. The Morgan fingerprint density at radius 3 is 1.18 bits per heavy atom. The number of unbranched alkanes of at least 4 members (excludes halogenated alkanes) is 39. The van der Waals surface area contributed by atoms with Gasteiger partial charge in [0.2, 0.25) is 5.91 Å². The zero-order valence-corrected chi connectivity index (χ0v) is 57.4. The van der Waals surface area contributed by atoms with Crippen LogP contribution in [0, 0.1) is 0 Å². The fourth-order valence-corrected chi connectivity index (χ4v) is 12.3. The Morgan fingerprint density at radius 2 is 0.767 bits per heavy atom. The first-order chi connectivity index (χ1) is 44.1. The second-order valence-corrected chi connectivity index (χ2v) is 26.4. The van der Waals surface area contributed by atoms with Crippen LogP contribution in [0.1, 0.15) is 322 Å². The normalized spacial score (nSPS) is 23.2. The summed E-state index contributed by atoms with van der Waals surface area (Å²) in [7, 11) is 0. The van der Waals surface area contributed by atoms with Crippen LogP contribution in [0.2, 0.25) is 0 Å². The number of ether oxygens (including phenoxy) is 4. The van der Waals surface area contributed by atoms with Gasteiger partial charge in [-0.2, -0.15) is 0 Å². The molecule has 2 heterocycles. The molecule has 0 saturated carbocycles. The Morgan fingerprint density at radius 1 is 0.411 bits per heavy atom. The average Bonchev–Trinajstić information content (AvgIpc) is 1.41. The molecule has 0 radical (unpaired) electrons. The van der Waals surface area contributed by atoms with Crippen molar-refractivity contribution in [1.29, 1.82) is 0 Å². The third-order valence-corrected chi connectivity index (χ3v) is 18.2. The molecule has 14 nitrogen and oxygen atoms in total. The number of amides is 1. The summed E-state index contributed by atoms with van der Waals surface area (Å²) in [6.45, 7) is 2.79. The van der Waals surface area contributed by atoms with Crippen LogP contribution in [0.3, 0.4) is 0 Å². The van der Waals surface area contributed by atoms with Gasteiger partial charge in [-0.05, 0) is 57.8 Å². The summed E-state index contributed by atoms with van der Waals surface area (Å²) in [5.41, 5.74) is 0. The molecule has 1 amide bonds. The molecule has 9 N–H and O–H groups in total. The highest BCUT2D eigenvalue weighted by molar-refractivity contribution is 5.76. The van der Waals surface area contributed by atoms with E-state index < -0.39 is 86.8 Å². The van der Waals surface area contributed by atoms with Gasteiger partial charge >= 0.3 is 0 Å². The van der Waals surface area contributed by atoms with Crippen LogP contribution in [0.25, 0.3) is 0 Å². The Balaban J connectivity index is 1.64. The van der Waals surface area contributed by atoms with Gasteiger partial charge in [0.1, 0.15) is 48.8 Å². The Labute approximate surface area is 549 Å². The van der Waals surface area contributed by atoms with E-state index in [0.29, 0.717) is 12.8 Å². The van der Waals surface area contributed by atoms with Crippen molar-refractivity contribution in [3.05, 3.63) is 60.8 Å². The van der Waals surface area contributed by atoms with E-state index in [1.807, 2.05) is 0 Å². The van der Waals surface area contributed by atoms with E-state index in [-0.39, 0.29) is 12.5 Å². The summed E-state index contributed by atoms with van der Waals surface area (Å²) in [6, 6.07) is -0.835. The maximum Gasteiger partial charge on any atom is 0.220 e. The smallest absolute Gasteiger partial charge is 0.220 e. The van der Waals surface area contributed by atoms with Gasteiger partial charge in [0, 0.05) is 6.42 Å². The fourth-order valence-electron chi connectivity index (χ4n) is 12.3. The van der Waals surface area contributed by atoms with Gasteiger partial charge in [-0.25, -0.2) is 0 Å². The van der Waals surface area contributed by atoms with Crippen LogP contribution in [0.15, 0.2) is 60.8 Å². The molecular formula is C76H139NO13. The molecule has 14 heteroatoms. The fraction of sp³-hybridized carbons (Fsp3) is 0.855. The minimum Gasteiger partial charge on any atom is -0.394 e. The van der Waals surface area contributed by atoms with Crippen LogP contribution in [-0.2, 0) is 23.7 Å². The molecule has 0 aromatic carbocycles. The van der Waals surface area contributed by atoms with Crippen LogP contribution < -0.4 is 5.32 Å². The van der Waals surface area contributed by atoms with Gasteiger partial charge < -0.3 is 65.1 Å². The molecule has 526 valence electrons. The number of carbonyl (C=O) groups is 1. The van der Waals surface area contributed by atoms with E-state index in [0.717, 1.165) is 89.9 Å². The van der Waals surface area contributed by atoms with Crippen molar-refractivity contribution < 1.29 is 64.6 Å². The minimum atomic E-state index is -1.79. The topological polar surface area (TPSA) is 228 Å². The summed E-state index contributed by atoms with van der Waals surface area (Å²) in [5, 5.41) is 87.8. The van der Waals surface area contributed by atoms with Crippen LogP contribution >= 0.6 is 0 Å². The lowest BCUT2D eigenvalue weighted by atomic mass is 9.97. The zero-order valence-electron chi connectivity index (χ0n) is 57.4. The third kappa shape index (κ3) is 43.6. The maximum atomic E-state index is 13.4. The SMILES string of the molecule is CC/C=C\C/C=C\C/C=C\C/C=C\C/C=C\CCCCCCCCCCCCCC(=O)NC(COC1OC(CO)C(OC2OC(CO)C(O)C(O)C2O)C(O)C1O)C(O)CCCCCCCCCCCCCCCCCCCCCCCCCCCCCCC. The molecule has 0 aromatic heterocycles. The summed E-state index contributed by atoms with van der Waals surface area (Å²) in [4.78, 5) is 13.4. The van der Waals surface area contributed by atoms with Crippen molar-refractivity contribution in [3.8, 4) is 0 Å². The third-order valence-electron chi connectivity index (χ3n) is 18.2. The molecule has 90 heavy (non-hydrogen) atoms. The first kappa shape index (κ1) is 83.8. The standard InChI is InChI=1S/C76H139NO13/c1-3-5-7-9-11-13-15-17-19-21-23-25-27-29-31-32-34-35-37-39-41-43-45-47-49-51-53-55-57-59-65(80)64(63-87-75-73(86)71(84)74(67(62-79)89-75)90-76-72(85)70(83)69(82)66(61-78)88-76)77-68(81)60-58-56-54-52-50-48-46-44-42-40-38-36-33-30-28-26-24-22-20-18-16-14-12-10-8-6-4-2/h6,8,12,14,18,20,24,26,30,33,64-67,69-76,78-80,82-86H,3-5,7,9-11,13,15-17,19,21-23,25,27-29,31-32,34-63H2,1-2H3,(H,77,81)/b8-6-,14-12-,20-18-,26-24-,33-30-. The first-order valence-electron chi connectivity index (χ1n) is 37.5. The number of hydrogen-bond donors (Lipinski definition) is 9. The number of nitrogens with one attached hydrogen (secondary N) is 1. The summed E-state index contributed by atoms with van der Waals surface area (Å²) >= 11 is 0. The molecule has 12 atom stereocenters. The Kier molecular flexibility index (Phi) is 56.2. The van der Waals surface area contributed by atoms with Crippen molar-refractivity contribution in [3.63, 3.8) is 0 Å². The van der Waals surface area contributed by atoms with E-state index in [2.05, 4.69) is 79.9 Å². The second kappa shape index (κ2) is 60.4. The molecule has 2 aliphatic heterocycles. The Hall–Kier alpha value is -2.31. The molecule has 2 fully saturated rings. The molecule has 0 spiro atoms. The molecule has 2 aliphatic rings. The van der Waals surface area contributed by atoms with Crippen molar-refractivity contribution in [2.24, 2.45) is 0 Å². The van der Waals surface area contributed by atoms with Crippen molar-refractivity contribution in [1.82, 2.24) is 5.32 Å². The highest BCUT2D eigenvalue weighted by atomic mass is 16.7. The largest absolute Gasteiger partial charge is 0.394 e. The molecule has 0 aromatic rings. The molecule has 0 aliphatic carbocycles. The van der Waals surface area contributed by atoms with Crippen molar-refractivity contribution >= 4 is 5.91 Å². The predicted molar refractivity (Wildman–Crippen MR) is 369 cm³/mol. The van der Waals surface area contributed by atoms with Crippen molar-refractivity contribution in [2.75, 3.05) is 19.8 Å². The van der Waals surface area contributed by atoms with Crippen LogP contribution in [0.5, 0.6) is 0 Å². The monoisotopic (exact) mass is 1270 g/mol. The van der Waals surface area contributed by atoms with Crippen LogP contribution in [-0.4, -0.2) is 140 Å². The molecular weight excluding hydrogens is 1130 g/mol. The van der Waals surface area contributed by atoms with E-state index >= 15 is 0 Å². The number of rotatable bonds is 62. The van der Waals surface area contributed by atoms with Gasteiger partial charge in [-0.15, -0.1) is 0 Å². The lowest BCUT2D eigenvalue weighted by Gasteiger charge is -2.46. The number of aliphatic hydroxyl groups excluding tert-OH is 8. The summed E-state index contributed by atoms with van der Waals surface area (Å²) < 4.78 is 23.0. The highest BCUT2D eigenvalue weighted by Crippen LogP contribution is 2.30. The molecule has 2 rings (SSSR count). The lowest BCUT2D eigenvalue weighted by Crippen LogP contribution is -2.65. The summed E-state index contributed by atoms with van der Waals surface area (Å²) in [6.07, 6.45) is 63.8. The van der Waals surface area contributed by atoms with Gasteiger partial charge in [0.05, 0.1) is 32.0 Å².